The van der Waals surface area contributed by atoms with Crippen molar-refractivity contribution in [3.05, 3.63) is 68.6 Å². The van der Waals surface area contributed by atoms with Crippen LogP contribution in [0.4, 0.5) is 0 Å². The number of hydrogen-bond donors (Lipinski definition) is 1. The Morgan fingerprint density at radius 2 is 1.13 bits per heavy atom. The molecule has 23 heavy (non-hydrogen) atoms. The van der Waals surface area contributed by atoms with Crippen LogP contribution >= 0.6 is 77.7 Å². The summed E-state index contributed by atoms with van der Waals surface area (Å²) in [5, 5.41) is 8.77. The third-order valence-electron chi connectivity index (χ3n) is 2.61. The first-order chi connectivity index (χ1) is 11.1. The van der Waals surface area contributed by atoms with E-state index in [1.807, 2.05) is 24.3 Å². The summed E-state index contributed by atoms with van der Waals surface area (Å²) < 4.78 is 3.43. The minimum atomic E-state index is 0.194. The van der Waals surface area contributed by atoms with Crippen molar-refractivity contribution in [2.75, 3.05) is 16.4 Å². The molecule has 0 unspecified atom stereocenters. The van der Waals surface area contributed by atoms with Gasteiger partial charge in [0.2, 0.25) is 0 Å². The summed E-state index contributed by atoms with van der Waals surface area (Å²) in [6, 6.07) is 16.4. The minimum absolute atomic E-state index is 0.194. The number of benzene rings is 2. The lowest BCUT2D eigenvalue weighted by Crippen LogP contribution is -1.88. The molecule has 128 valence electrons. The molecule has 2 aromatic carbocycles. The van der Waals surface area contributed by atoms with Gasteiger partial charge in [-0.25, -0.2) is 0 Å². The average molecular weight is 597 g/mol. The second kappa shape index (κ2) is 16.2. The highest BCUT2D eigenvalue weighted by Crippen LogP contribution is 2.11. The smallest absolute Gasteiger partial charge is 0.0967 e. The zero-order chi connectivity index (χ0) is 17.5. The molecule has 0 bridgehead atoms. The standard InChI is InChI=1S/C8H8BrI.C8H9BrO.CH2Cl2/c2*9-8-3-1-7(2-4-8)5-6-10;2-1-3/h1-4H,5-6H2;1-4,10H,5-6H2;1H2. The SMILES string of the molecule is Brc1ccc(CCI)cc1.ClCCl.OCCc1ccc(Br)cc1. The molecule has 1 N–H and O–H groups in total. The van der Waals surface area contributed by atoms with E-state index in [9.17, 15) is 0 Å². The van der Waals surface area contributed by atoms with E-state index in [-0.39, 0.29) is 11.9 Å². The Bertz CT molecular complexity index is 460. The van der Waals surface area contributed by atoms with E-state index in [2.05, 4.69) is 78.7 Å². The Morgan fingerprint density at radius 3 is 1.43 bits per heavy atom. The Labute approximate surface area is 179 Å². The third-order valence-corrected chi connectivity index (χ3v) is 4.21. The van der Waals surface area contributed by atoms with Crippen molar-refractivity contribution in [1.82, 2.24) is 0 Å². The molecule has 0 aliphatic carbocycles. The number of aryl methyl sites for hydroxylation is 1. The van der Waals surface area contributed by atoms with Gasteiger partial charge in [-0.05, 0) is 48.2 Å². The van der Waals surface area contributed by atoms with E-state index in [1.54, 1.807) is 0 Å². The number of rotatable bonds is 4. The van der Waals surface area contributed by atoms with Gasteiger partial charge in [0.15, 0.2) is 0 Å². The first-order valence-electron chi connectivity index (χ1n) is 6.85. The molecule has 0 saturated heterocycles. The van der Waals surface area contributed by atoms with Crippen LogP contribution in [0.15, 0.2) is 57.5 Å². The lowest BCUT2D eigenvalue weighted by molar-refractivity contribution is 0.299. The largest absolute Gasteiger partial charge is 0.396 e. The Hall–Kier alpha value is 0.670. The summed E-state index contributed by atoms with van der Waals surface area (Å²) in [6.07, 6.45) is 1.92. The number of halogens is 5. The fourth-order valence-electron chi connectivity index (χ4n) is 1.54. The second-order valence-electron chi connectivity index (χ2n) is 4.27. The van der Waals surface area contributed by atoms with Crippen LogP contribution in [0.2, 0.25) is 0 Å². The van der Waals surface area contributed by atoms with Crippen LogP contribution in [0.1, 0.15) is 11.1 Å². The molecule has 6 heteroatoms. The van der Waals surface area contributed by atoms with Gasteiger partial charge in [-0.15, -0.1) is 23.2 Å². The van der Waals surface area contributed by atoms with Crippen LogP contribution in [0, 0.1) is 0 Å². The van der Waals surface area contributed by atoms with Crippen LogP contribution < -0.4 is 0 Å². The van der Waals surface area contributed by atoms with Gasteiger partial charge in [-0.2, -0.15) is 0 Å². The van der Waals surface area contributed by atoms with E-state index >= 15 is 0 Å². The van der Waals surface area contributed by atoms with Crippen molar-refractivity contribution < 1.29 is 5.11 Å². The summed E-state index contributed by atoms with van der Waals surface area (Å²) in [4.78, 5) is 0. The minimum Gasteiger partial charge on any atom is -0.396 e. The average Bonchev–Trinajstić information content (AvgIpc) is 2.54. The first kappa shape index (κ1) is 23.7. The monoisotopic (exact) mass is 594 g/mol. The maximum absolute atomic E-state index is 8.58. The van der Waals surface area contributed by atoms with Crippen LogP contribution in [-0.2, 0) is 12.8 Å². The number of aliphatic hydroxyl groups excluding tert-OH is 1. The lowest BCUT2D eigenvalue weighted by atomic mass is 10.2. The predicted octanol–water partition coefficient (Wildman–Crippen LogP) is 6.83. The summed E-state index contributed by atoms with van der Waals surface area (Å²) in [6.45, 7) is 0.224. The lowest BCUT2D eigenvalue weighted by Gasteiger charge is -1.96. The van der Waals surface area contributed by atoms with Gasteiger partial charge in [-0.1, -0.05) is 78.7 Å². The fraction of sp³-hybridized carbons (Fsp3) is 0.294. The van der Waals surface area contributed by atoms with Crippen molar-refractivity contribution in [1.29, 1.82) is 0 Å². The molecule has 0 radical (unpaired) electrons. The maximum Gasteiger partial charge on any atom is 0.0967 e. The van der Waals surface area contributed by atoms with E-state index in [0.717, 1.165) is 15.4 Å². The van der Waals surface area contributed by atoms with Crippen molar-refractivity contribution in [3.63, 3.8) is 0 Å². The highest BCUT2D eigenvalue weighted by Gasteiger charge is 1.90. The van der Waals surface area contributed by atoms with Gasteiger partial charge in [0.05, 0.1) is 5.34 Å². The predicted molar refractivity (Wildman–Crippen MR) is 118 cm³/mol. The highest BCUT2D eigenvalue weighted by atomic mass is 127. The fourth-order valence-corrected chi connectivity index (χ4v) is 2.69. The van der Waals surface area contributed by atoms with Crippen molar-refractivity contribution in [2.24, 2.45) is 0 Å². The van der Waals surface area contributed by atoms with Crippen molar-refractivity contribution >= 4 is 77.7 Å². The van der Waals surface area contributed by atoms with Gasteiger partial charge < -0.3 is 5.11 Å². The van der Waals surface area contributed by atoms with E-state index < -0.39 is 0 Å². The molecular weight excluding hydrogens is 578 g/mol. The van der Waals surface area contributed by atoms with E-state index in [1.165, 1.54) is 22.0 Å². The van der Waals surface area contributed by atoms with Crippen molar-refractivity contribution in [2.45, 2.75) is 12.8 Å². The maximum atomic E-state index is 8.58. The molecule has 0 aliphatic heterocycles. The molecule has 0 fully saturated rings. The van der Waals surface area contributed by atoms with Crippen molar-refractivity contribution in [3.8, 4) is 0 Å². The molecule has 0 heterocycles. The summed E-state index contributed by atoms with van der Waals surface area (Å²) in [5.41, 5.74) is 2.59. The number of alkyl halides is 3. The zero-order valence-corrected chi connectivity index (χ0v) is 19.3. The molecule has 0 aromatic heterocycles. The molecule has 0 amide bonds. The molecule has 0 aliphatic rings. The van der Waals surface area contributed by atoms with Gasteiger partial charge in [0, 0.05) is 20.0 Å². The Morgan fingerprint density at radius 1 is 0.783 bits per heavy atom. The molecule has 2 aromatic rings. The Kier molecular flexibility index (Phi) is 16.6. The number of hydrogen-bond acceptors (Lipinski definition) is 1. The van der Waals surface area contributed by atoms with Crippen LogP contribution in [0.5, 0.6) is 0 Å². The summed E-state index contributed by atoms with van der Waals surface area (Å²) in [7, 11) is 0. The van der Waals surface area contributed by atoms with Gasteiger partial charge in [-0.3, -0.25) is 0 Å². The molecule has 0 saturated carbocycles. The van der Waals surface area contributed by atoms with E-state index in [4.69, 9.17) is 28.3 Å². The first-order valence-corrected chi connectivity index (χ1v) is 11.0. The van der Waals surface area contributed by atoms with Crippen LogP contribution in [0.3, 0.4) is 0 Å². The van der Waals surface area contributed by atoms with Gasteiger partial charge in [0.25, 0.3) is 0 Å². The van der Waals surface area contributed by atoms with Crippen LogP contribution in [-0.4, -0.2) is 21.5 Å². The normalized spacial score (nSPS) is 9.30. The zero-order valence-electron chi connectivity index (χ0n) is 12.5. The van der Waals surface area contributed by atoms with Gasteiger partial charge in [0.1, 0.15) is 0 Å². The molecule has 0 spiro atoms. The summed E-state index contributed by atoms with van der Waals surface area (Å²) >= 11 is 18.6. The molecule has 0 atom stereocenters. The Balaban J connectivity index is 0.000000360. The number of aliphatic hydroxyl groups is 1. The molecule has 1 nitrogen and oxygen atoms in total. The second-order valence-corrected chi connectivity index (χ2v) is 7.98. The van der Waals surface area contributed by atoms with E-state index in [0.29, 0.717) is 0 Å². The van der Waals surface area contributed by atoms with Gasteiger partial charge >= 0.3 is 0 Å². The topological polar surface area (TPSA) is 20.2 Å². The summed E-state index contributed by atoms with van der Waals surface area (Å²) in [5.74, 6) is 0. The highest BCUT2D eigenvalue weighted by molar-refractivity contribution is 14.1. The quantitative estimate of drug-likeness (QED) is 0.303. The molecule has 2 rings (SSSR count). The third kappa shape index (κ3) is 13.6. The molecular formula is C17H19Br2Cl2IO. The van der Waals surface area contributed by atoms with Crippen LogP contribution in [0.25, 0.3) is 0 Å².